The van der Waals surface area contributed by atoms with E-state index in [0.717, 1.165) is 44.9 Å². The Morgan fingerprint density at radius 3 is 1.94 bits per heavy atom. The first-order chi connectivity index (χ1) is 24.8. The predicted molar refractivity (Wildman–Crippen MR) is 206 cm³/mol. The van der Waals surface area contributed by atoms with Gasteiger partial charge in [-0.15, -0.1) is 0 Å². The van der Waals surface area contributed by atoms with Crippen LogP contribution in [0.15, 0.2) is 150 Å². The average Bonchev–Trinajstić information content (AvgIpc) is 3.83. The minimum Gasteiger partial charge on any atom is -0.454 e. The molecule has 9 aromatic rings. The highest BCUT2D eigenvalue weighted by Gasteiger charge is 2.47. The van der Waals surface area contributed by atoms with Gasteiger partial charge in [-0.3, -0.25) is 0 Å². The number of furan rings is 1. The molecule has 11 rings (SSSR count). The first-order valence-electron chi connectivity index (χ1n) is 17.9. The van der Waals surface area contributed by atoms with E-state index in [1.54, 1.807) is 0 Å². The second-order valence-corrected chi connectivity index (χ2v) is 14.1. The Balaban J connectivity index is 1.36. The van der Waals surface area contributed by atoms with Crippen molar-refractivity contribution in [3.05, 3.63) is 157 Å². The second-order valence-electron chi connectivity index (χ2n) is 14.1. The first kappa shape index (κ1) is 28.0. The van der Waals surface area contributed by atoms with Gasteiger partial charge in [0.2, 0.25) is 0 Å². The number of pyridine rings is 1. The third-order valence-electron chi connectivity index (χ3n) is 11.5. The van der Waals surface area contributed by atoms with Crippen LogP contribution in [-0.2, 0) is 5.41 Å². The predicted octanol–water partition coefficient (Wildman–Crippen LogP) is 12.6. The SMILES string of the molecule is c1ccc(-c2cc(-n3c4ccccc4c4c5c(c6c7ccccc7oc6c43)C3(CCCCC3)c3ccccc3-5)cc(-c3ccccc3)n2)cc1. The monoisotopic (exact) mass is 642 g/mol. The Kier molecular flexibility index (Phi) is 5.89. The van der Waals surface area contributed by atoms with Crippen molar-refractivity contribution in [2.24, 2.45) is 0 Å². The normalized spacial score (nSPS) is 15.0. The summed E-state index contributed by atoms with van der Waals surface area (Å²) in [6, 6.07) is 52.5. The molecule has 1 saturated carbocycles. The fourth-order valence-corrected chi connectivity index (χ4v) is 9.52. The fourth-order valence-electron chi connectivity index (χ4n) is 9.52. The van der Waals surface area contributed by atoms with Crippen LogP contribution in [0.2, 0.25) is 0 Å². The summed E-state index contributed by atoms with van der Waals surface area (Å²) in [5.41, 5.74) is 15.1. The van der Waals surface area contributed by atoms with Crippen molar-refractivity contribution in [1.29, 1.82) is 0 Å². The molecule has 3 nitrogen and oxygen atoms in total. The van der Waals surface area contributed by atoms with Gasteiger partial charge >= 0.3 is 0 Å². The van der Waals surface area contributed by atoms with Crippen LogP contribution in [0, 0.1) is 0 Å². The van der Waals surface area contributed by atoms with Gasteiger partial charge in [-0.25, -0.2) is 4.98 Å². The molecule has 0 unspecified atom stereocenters. The van der Waals surface area contributed by atoms with Crippen molar-refractivity contribution in [2.45, 2.75) is 37.5 Å². The minimum atomic E-state index is -0.0237. The highest BCUT2D eigenvalue weighted by molar-refractivity contribution is 6.29. The summed E-state index contributed by atoms with van der Waals surface area (Å²) in [6.45, 7) is 0. The van der Waals surface area contributed by atoms with E-state index in [4.69, 9.17) is 9.40 Å². The molecule has 0 bridgehead atoms. The Hall–Kier alpha value is -5.93. The van der Waals surface area contributed by atoms with Gasteiger partial charge < -0.3 is 8.98 Å². The maximum atomic E-state index is 7.11. The zero-order chi connectivity index (χ0) is 32.8. The number of benzene rings is 6. The molecule has 0 aliphatic heterocycles. The van der Waals surface area contributed by atoms with Crippen molar-refractivity contribution in [1.82, 2.24) is 9.55 Å². The van der Waals surface area contributed by atoms with Crippen molar-refractivity contribution in [2.75, 3.05) is 0 Å². The average molecular weight is 643 g/mol. The number of aromatic nitrogens is 2. The standard InChI is InChI=1S/C47H34N2O/c1-4-16-30(17-5-1)37-28-32(29-38(48-37)31-18-6-2-7-19-31)49-39-24-12-9-21-34(39)42-41-33-20-8-11-23-36(33)47(26-14-3-15-27-47)44(41)43-35-22-10-13-25-40(35)50-46(43)45(42)49/h1-2,4-13,16-25,28-29H,3,14-15,26-27H2. The van der Waals surface area contributed by atoms with Crippen LogP contribution in [0.1, 0.15) is 43.2 Å². The van der Waals surface area contributed by atoms with Crippen LogP contribution in [0.4, 0.5) is 0 Å². The van der Waals surface area contributed by atoms with Crippen molar-refractivity contribution < 1.29 is 4.42 Å². The molecule has 3 heterocycles. The number of rotatable bonds is 3. The molecule has 3 aromatic heterocycles. The van der Waals surface area contributed by atoms with E-state index in [1.165, 1.54) is 81.4 Å². The Bertz CT molecular complexity index is 2720. The molecule has 6 aromatic carbocycles. The molecule has 0 atom stereocenters. The summed E-state index contributed by atoms with van der Waals surface area (Å²) in [4.78, 5) is 5.25. The summed E-state index contributed by atoms with van der Waals surface area (Å²) < 4.78 is 9.57. The van der Waals surface area contributed by atoms with E-state index in [1.807, 2.05) is 0 Å². The quantitative estimate of drug-likeness (QED) is 0.192. The molecule has 0 radical (unpaired) electrons. The maximum absolute atomic E-state index is 7.11. The third-order valence-corrected chi connectivity index (χ3v) is 11.5. The molecule has 50 heavy (non-hydrogen) atoms. The Morgan fingerprint density at radius 1 is 0.580 bits per heavy atom. The largest absolute Gasteiger partial charge is 0.454 e. The van der Waals surface area contributed by atoms with Crippen LogP contribution in [0.25, 0.3) is 83.1 Å². The Morgan fingerprint density at radius 2 is 1.20 bits per heavy atom. The molecule has 0 N–H and O–H groups in total. The molecule has 1 spiro atoms. The van der Waals surface area contributed by atoms with Gasteiger partial charge in [0, 0.05) is 38.1 Å². The summed E-state index contributed by atoms with van der Waals surface area (Å²) in [7, 11) is 0. The molecule has 3 heteroatoms. The van der Waals surface area contributed by atoms with Gasteiger partial charge in [-0.2, -0.15) is 0 Å². The minimum absolute atomic E-state index is 0.0237. The lowest BCUT2D eigenvalue weighted by Crippen LogP contribution is -2.28. The van der Waals surface area contributed by atoms with Gasteiger partial charge in [0.05, 0.1) is 28.1 Å². The Labute approximate surface area is 290 Å². The lowest BCUT2D eigenvalue weighted by molar-refractivity contribution is 0.355. The smallest absolute Gasteiger partial charge is 0.160 e. The molecule has 0 amide bonds. The molecule has 0 saturated heterocycles. The van der Waals surface area contributed by atoms with Crippen molar-refractivity contribution >= 4 is 43.7 Å². The summed E-state index contributed by atoms with van der Waals surface area (Å²) in [6.07, 6.45) is 6.12. The number of fused-ring (bicyclic) bond motifs is 14. The first-order valence-corrected chi connectivity index (χ1v) is 17.9. The number of hydrogen-bond donors (Lipinski definition) is 0. The molecular formula is C47H34N2O. The van der Waals surface area contributed by atoms with Gasteiger partial charge in [-0.05, 0) is 59.4 Å². The summed E-state index contributed by atoms with van der Waals surface area (Å²) in [5.74, 6) is 0. The van der Waals surface area contributed by atoms with Gasteiger partial charge in [0.1, 0.15) is 5.58 Å². The van der Waals surface area contributed by atoms with Crippen LogP contribution in [0.5, 0.6) is 0 Å². The zero-order valence-corrected chi connectivity index (χ0v) is 27.7. The number of hydrogen-bond acceptors (Lipinski definition) is 2. The lowest BCUT2D eigenvalue weighted by atomic mass is 9.67. The number of para-hydroxylation sites is 2. The summed E-state index contributed by atoms with van der Waals surface area (Å²) in [5, 5.41) is 5.03. The van der Waals surface area contributed by atoms with E-state index in [9.17, 15) is 0 Å². The topological polar surface area (TPSA) is 31.0 Å². The van der Waals surface area contributed by atoms with E-state index in [2.05, 4.69) is 150 Å². The van der Waals surface area contributed by atoms with Crippen LogP contribution < -0.4 is 0 Å². The number of nitrogens with zero attached hydrogens (tertiary/aromatic N) is 2. The highest BCUT2D eigenvalue weighted by Crippen LogP contribution is 2.62. The van der Waals surface area contributed by atoms with Crippen molar-refractivity contribution in [3.63, 3.8) is 0 Å². The lowest BCUT2D eigenvalue weighted by Gasteiger charge is -2.36. The van der Waals surface area contributed by atoms with Gasteiger partial charge in [0.15, 0.2) is 5.58 Å². The molecule has 1 fully saturated rings. The van der Waals surface area contributed by atoms with Crippen LogP contribution in [-0.4, -0.2) is 9.55 Å². The summed E-state index contributed by atoms with van der Waals surface area (Å²) >= 11 is 0. The fraction of sp³-hybridized carbons (Fsp3) is 0.128. The highest BCUT2D eigenvalue weighted by atomic mass is 16.3. The molecule has 2 aliphatic carbocycles. The van der Waals surface area contributed by atoms with Gasteiger partial charge in [0.25, 0.3) is 0 Å². The molecule has 2 aliphatic rings. The van der Waals surface area contributed by atoms with Gasteiger partial charge in [-0.1, -0.05) is 141 Å². The third kappa shape index (κ3) is 3.78. The van der Waals surface area contributed by atoms with Crippen LogP contribution in [0.3, 0.4) is 0 Å². The van der Waals surface area contributed by atoms with E-state index in [-0.39, 0.29) is 5.41 Å². The van der Waals surface area contributed by atoms with E-state index >= 15 is 0 Å². The van der Waals surface area contributed by atoms with Crippen molar-refractivity contribution in [3.8, 4) is 39.3 Å². The van der Waals surface area contributed by atoms with Crippen LogP contribution >= 0.6 is 0 Å². The molecular weight excluding hydrogens is 609 g/mol. The maximum Gasteiger partial charge on any atom is 0.160 e. The molecule has 238 valence electrons. The second kappa shape index (κ2) is 10.5. The van der Waals surface area contributed by atoms with E-state index in [0.29, 0.717) is 0 Å². The zero-order valence-electron chi connectivity index (χ0n) is 27.7. The van der Waals surface area contributed by atoms with E-state index < -0.39 is 0 Å².